The maximum absolute atomic E-state index is 13.7. The minimum Gasteiger partial charge on any atom is -0.399 e. The fraction of sp³-hybridized carbons (Fsp3) is 0.190. The van der Waals surface area contributed by atoms with E-state index in [4.69, 9.17) is 17.3 Å². The molecule has 1 aliphatic carbocycles. The van der Waals surface area contributed by atoms with Gasteiger partial charge in [-0.1, -0.05) is 47.6 Å². The van der Waals surface area contributed by atoms with E-state index in [1.54, 1.807) is 24.3 Å². The highest BCUT2D eigenvalue weighted by Gasteiger charge is 2.38. The number of rotatable bonds is 4. The SMILES string of the molecule is Nc1ccc(NC(=O)CSc2nc3c(c(C(F)(F)F)n2)CCc2ccccc2-3)c(Cl)c1. The second-order valence-corrected chi connectivity index (χ2v) is 8.26. The van der Waals surface area contributed by atoms with Crippen LogP contribution in [0.5, 0.6) is 0 Å². The molecule has 1 heterocycles. The standard InChI is InChI=1S/C21H16ClF3N4OS/c22-15-9-12(26)6-8-16(15)27-17(30)10-31-20-28-18-13-4-2-1-3-11(13)5-7-14(18)19(29-20)21(23,24)25/h1-4,6,8-9H,5,7,10,26H2,(H,27,30). The molecule has 0 fully saturated rings. The Balaban J connectivity index is 1.60. The number of hydrogen-bond donors (Lipinski definition) is 2. The normalized spacial score (nSPS) is 12.8. The van der Waals surface area contributed by atoms with Crippen LogP contribution in [0.1, 0.15) is 16.8 Å². The number of benzene rings is 2. The smallest absolute Gasteiger partial charge is 0.399 e. The molecule has 1 aliphatic rings. The third-order valence-corrected chi connectivity index (χ3v) is 5.93. The number of nitrogens with two attached hydrogens (primary N) is 1. The Morgan fingerprint density at radius 3 is 2.68 bits per heavy atom. The monoisotopic (exact) mass is 464 g/mol. The number of fused-ring (bicyclic) bond motifs is 3. The number of nitrogen functional groups attached to an aromatic ring is 1. The van der Waals surface area contributed by atoms with E-state index in [1.165, 1.54) is 6.07 Å². The molecular formula is C21H16ClF3N4OS. The average molecular weight is 465 g/mol. The average Bonchev–Trinajstić information content (AvgIpc) is 2.73. The Hall–Kier alpha value is -2.78. The van der Waals surface area contributed by atoms with Crippen LogP contribution in [0.2, 0.25) is 5.02 Å². The topological polar surface area (TPSA) is 80.9 Å². The lowest BCUT2D eigenvalue weighted by atomic mass is 9.88. The molecule has 2 aromatic carbocycles. The van der Waals surface area contributed by atoms with E-state index in [1.807, 2.05) is 12.1 Å². The summed E-state index contributed by atoms with van der Waals surface area (Å²) in [7, 11) is 0. The summed E-state index contributed by atoms with van der Waals surface area (Å²) in [6.07, 6.45) is -3.91. The van der Waals surface area contributed by atoms with Gasteiger partial charge in [0.1, 0.15) is 0 Å². The molecule has 31 heavy (non-hydrogen) atoms. The summed E-state index contributed by atoms with van der Waals surface area (Å²) in [5.74, 6) is -0.634. The van der Waals surface area contributed by atoms with Gasteiger partial charge in [-0.15, -0.1) is 0 Å². The fourth-order valence-corrected chi connectivity index (χ4v) is 4.28. The van der Waals surface area contributed by atoms with Gasteiger partial charge in [0, 0.05) is 16.8 Å². The first-order chi connectivity index (χ1) is 14.7. The Kier molecular flexibility index (Phi) is 5.81. The molecule has 0 aliphatic heterocycles. The molecule has 0 unspecified atom stereocenters. The molecule has 160 valence electrons. The number of aromatic nitrogens is 2. The van der Waals surface area contributed by atoms with Crippen molar-refractivity contribution in [1.29, 1.82) is 0 Å². The van der Waals surface area contributed by atoms with Crippen LogP contribution in [0, 0.1) is 0 Å². The number of aryl methyl sites for hydroxylation is 1. The van der Waals surface area contributed by atoms with Crippen molar-refractivity contribution in [2.45, 2.75) is 24.2 Å². The van der Waals surface area contributed by atoms with E-state index in [-0.39, 0.29) is 33.6 Å². The maximum atomic E-state index is 13.7. The second kappa shape index (κ2) is 8.39. The van der Waals surface area contributed by atoms with Crippen LogP contribution >= 0.6 is 23.4 Å². The van der Waals surface area contributed by atoms with Crippen molar-refractivity contribution in [3.63, 3.8) is 0 Å². The lowest BCUT2D eigenvalue weighted by Gasteiger charge is -2.22. The summed E-state index contributed by atoms with van der Waals surface area (Å²) >= 11 is 6.87. The lowest BCUT2D eigenvalue weighted by Crippen LogP contribution is -2.19. The number of hydrogen-bond acceptors (Lipinski definition) is 5. The summed E-state index contributed by atoms with van der Waals surface area (Å²) in [4.78, 5) is 20.4. The number of carbonyl (C=O) groups is 1. The molecule has 5 nitrogen and oxygen atoms in total. The third kappa shape index (κ3) is 4.62. The third-order valence-electron chi connectivity index (χ3n) is 4.77. The van der Waals surface area contributed by atoms with Gasteiger partial charge in [-0.05, 0) is 36.6 Å². The van der Waals surface area contributed by atoms with E-state index in [0.717, 1.165) is 17.3 Å². The van der Waals surface area contributed by atoms with Crippen LogP contribution in [0.15, 0.2) is 47.6 Å². The zero-order valence-electron chi connectivity index (χ0n) is 16.0. The van der Waals surface area contributed by atoms with Gasteiger partial charge < -0.3 is 11.1 Å². The highest BCUT2D eigenvalue weighted by molar-refractivity contribution is 7.99. The molecule has 1 amide bonds. The fourth-order valence-electron chi connectivity index (χ4n) is 3.40. The Bertz CT molecular complexity index is 1170. The lowest BCUT2D eigenvalue weighted by molar-refractivity contribution is -0.142. The number of carbonyl (C=O) groups excluding carboxylic acids is 1. The van der Waals surface area contributed by atoms with E-state index >= 15 is 0 Å². The molecule has 3 N–H and O–H groups in total. The van der Waals surface area contributed by atoms with Crippen molar-refractivity contribution in [2.75, 3.05) is 16.8 Å². The summed E-state index contributed by atoms with van der Waals surface area (Å²) in [6, 6.07) is 11.9. The van der Waals surface area contributed by atoms with Gasteiger partial charge in [0.15, 0.2) is 10.9 Å². The molecule has 0 spiro atoms. The summed E-state index contributed by atoms with van der Waals surface area (Å²) < 4.78 is 41.1. The second-order valence-electron chi connectivity index (χ2n) is 6.91. The predicted octanol–water partition coefficient (Wildman–Crippen LogP) is 5.23. The van der Waals surface area contributed by atoms with Crippen molar-refractivity contribution in [3.05, 3.63) is 64.3 Å². The molecule has 0 saturated heterocycles. The Morgan fingerprint density at radius 1 is 1.16 bits per heavy atom. The number of amides is 1. The number of nitrogens with zero attached hydrogens (tertiary/aromatic N) is 2. The number of anilines is 2. The van der Waals surface area contributed by atoms with E-state index in [0.29, 0.717) is 23.4 Å². The minimum atomic E-state index is -4.62. The van der Waals surface area contributed by atoms with Crippen molar-refractivity contribution in [2.24, 2.45) is 0 Å². The quantitative estimate of drug-likeness (QED) is 0.314. The first-order valence-electron chi connectivity index (χ1n) is 9.26. The highest BCUT2D eigenvalue weighted by atomic mass is 35.5. The molecule has 4 rings (SSSR count). The number of thioether (sulfide) groups is 1. The first kappa shape index (κ1) is 21.5. The highest BCUT2D eigenvalue weighted by Crippen LogP contribution is 2.40. The van der Waals surface area contributed by atoms with Crippen molar-refractivity contribution in [1.82, 2.24) is 9.97 Å². The van der Waals surface area contributed by atoms with E-state index in [9.17, 15) is 18.0 Å². The van der Waals surface area contributed by atoms with E-state index < -0.39 is 17.8 Å². The van der Waals surface area contributed by atoms with Crippen LogP contribution < -0.4 is 11.1 Å². The maximum Gasteiger partial charge on any atom is 0.433 e. The van der Waals surface area contributed by atoms with Crippen LogP contribution in [-0.2, 0) is 23.8 Å². The van der Waals surface area contributed by atoms with Crippen molar-refractivity contribution >= 4 is 40.6 Å². The zero-order chi connectivity index (χ0) is 22.2. The summed E-state index contributed by atoms with van der Waals surface area (Å²) in [5.41, 5.74) is 7.44. The molecule has 0 atom stereocenters. The van der Waals surface area contributed by atoms with E-state index in [2.05, 4.69) is 15.3 Å². The summed E-state index contributed by atoms with van der Waals surface area (Å²) in [5, 5.41) is 2.76. The van der Waals surface area contributed by atoms with Crippen LogP contribution in [0.3, 0.4) is 0 Å². The minimum absolute atomic E-state index is 0.0913. The Labute approximate surface area is 185 Å². The Morgan fingerprint density at radius 2 is 1.94 bits per heavy atom. The van der Waals surface area contributed by atoms with Crippen LogP contribution in [0.25, 0.3) is 11.3 Å². The molecule has 0 bridgehead atoms. The molecule has 0 radical (unpaired) electrons. The van der Waals surface area contributed by atoms with Gasteiger partial charge in [-0.3, -0.25) is 4.79 Å². The van der Waals surface area contributed by atoms with Gasteiger partial charge in [-0.2, -0.15) is 13.2 Å². The molecular weight excluding hydrogens is 449 g/mol. The van der Waals surface area contributed by atoms with Gasteiger partial charge >= 0.3 is 6.18 Å². The molecule has 0 saturated carbocycles. The van der Waals surface area contributed by atoms with Gasteiger partial charge in [0.25, 0.3) is 0 Å². The number of halogens is 4. The largest absolute Gasteiger partial charge is 0.433 e. The molecule has 10 heteroatoms. The number of nitrogens with one attached hydrogen (secondary N) is 1. The van der Waals surface area contributed by atoms with Crippen LogP contribution in [-0.4, -0.2) is 21.6 Å². The van der Waals surface area contributed by atoms with Crippen LogP contribution in [0.4, 0.5) is 24.5 Å². The zero-order valence-corrected chi connectivity index (χ0v) is 17.5. The number of alkyl halides is 3. The molecule has 3 aromatic rings. The van der Waals surface area contributed by atoms with Gasteiger partial charge in [0.2, 0.25) is 5.91 Å². The predicted molar refractivity (Wildman–Crippen MR) is 115 cm³/mol. The van der Waals surface area contributed by atoms with Gasteiger partial charge in [-0.25, -0.2) is 9.97 Å². The van der Waals surface area contributed by atoms with Gasteiger partial charge in [0.05, 0.1) is 22.2 Å². The first-order valence-corrected chi connectivity index (χ1v) is 10.6. The van der Waals surface area contributed by atoms with Crippen molar-refractivity contribution in [3.8, 4) is 11.3 Å². The van der Waals surface area contributed by atoms with Crippen molar-refractivity contribution < 1.29 is 18.0 Å². The summed E-state index contributed by atoms with van der Waals surface area (Å²) in [6.45, 7) is 0. The molecule has 1 aromatic heterocycles.